The van der Waals surface area contributed by atoms with Crippen LogP contribution in [0.3, 0.4) is 0 Å². The van der Waals surface area contributed by atoms with Crippen molar-refractivity contribution in [3.8, 4) is 45.5 Å². The van der Waals surface area contributed by atoms with Gasteiger partial charge in [-0.15, -0.1) is 0 Å². The molecule has 25 heavy (non-hydrogen) atoms. The minimum absolute atomic E-state index is 0.180. The molecular weight excluding hydrogens is 455 g/mol. The number of methoxy groups -OCH3 is 3. The third-order valence-electron chi connectivity index (χ3n) is 3.65. The molecular formula is C17H15BrN2O4Se. The van der Waals surface area contributed by atoms with Crippen LogP contribution in [0.1, 0.15) is 0 Å². The number of halogens is 1. The van der Waals surface area contributed by atoms with Crippen molar-refractivity contribution >= 4 is 30.9 Å². The summed E-state index contributed by atoms with van der Waals surface area (Å²) < 4.78 is 25.9. The second-order valence-corrected chi connectivity index (χ2v) is 7.00. The van der Waals surface area contributed by atoms with Crippen LogP contribution in [0.25, 0.3) is 22.5 Å². The molecule has 0 bridgehead atoms. The van der Waals surface area contributed by atoms with Crippen LogP contribution in [0.5, 0.6) is 23.0 Å². The molecule has 8 heteroatoms. The fourth-order valence-corrected chi connectivity index (χ4v) is 4.05. The van der Waals surface area contributed by atoms with E-state index in [4.69, 9.17) is 14.2 Å². The molecule has 0 saturated carbocycles. The molecule has 0 radical (unpaired) electrons. The molecule has 0 aliphatic rings. The SMILES string of the molecule is COc1cc(-c2n[se]nc2-c2ccc(O)c(Br)c2)cc(OC)c1OC. The maximum atomic E-state index is 9.70. The van der Waals surface area contributed by atoms with Crippen molar-refractivity contribution in [1.29, 1.82) is 0 Å². The van der Waals surface area contributed by atoms with Crippen molar-refractivity contribution in [3.05, 3.63) is 34.8 Å². The van der Waals surface area contributed by atoms with Gasteiger partial charge >= 0.3 is 160 Å². The number of aromatic nitrogens is 2. The molecule has 130 valence electrons. The van der Waals surface area contributed by atoms with E-state index >= 15 is 0 Å². The van der Waals surface area contributed by atoms with Crippen molar-refractivity contribution in [2.75, 3.05) is 21.3 Å². The van der Waals surface area contributed by atoms with Gasteiger partial charge in [0.25, 0.3) is 0 Å². The number of rotatable bonds is 5. The number of phenolic OH excluding ortho intramolecular Hbond substituents is 1. The van der Waals surface area contributed by atoms with E-state index in [9.17, 15) is 5.11 Å². The molecule has 0 aliphatic heterocycles. The fraction of sp³-hybridized carbons (Fsp3) is 0.176. The van der Waals surface area contributed by atoms with Crippen molar-refractivity contribution in [2.24, 2.45) is 0 Å². The van der Waals surface area contributed by atoms with Crippen LogP contribution < -0.4 is 14.2 Å². The predicted molar refractivity (Wildman–Crippen MR) is 98.9 cm³/mol. The Kier molecular flexibility index (Phi) is 5.32. The number of ether oxygens (including phenoxy) is 3. The Hall–Kier alpha value is -2.02. The van der Waals surface area contributed by atoms with Crippen LogP contribution >= 0.6 is 15.9 Å². The van der Waals surface area contributed by atoms with E-state index in [1.807, 2.05) is 24.3 Å². The predicted octanol–water partition coefficient (Wildman–Crippen LogP) is 3.36. The van der Waals surface area contributed by atoms with E-state index in [1.165, 1.54) is 0 Å². The van der Waals surface area contributed by atoms with Crippen LogP contribution in [-0.4, -0.2) is 49.4 Å². The number of hydrogen-bond acceptors (Lipinski definition) is 6. The van der Waals surface area contributed by atoms with Crippen LogP contribution in [-0.2, 0) is 0 Å². The zero-order valence-corrected chi connectivity index (χ0v) is 17.0. The monoisotopic (exact) mass is 470 g/mol. The van der Waals surface area contributed by atoms with Crippen molar-refractivity contribution in [3.63, 3.8) is 0 Å². The van der Waals surface area contributed by atoms with Gasteiger partial charge in [-0.1, -0.05) is 0 Å². The van der Waals surface area contributed by atoms with E-state index in [1.54, 1.807) is 27.4 Å². The van der Waals surface area contributed by atoms with Crippen molar-refractivity contribution in [1.82, 2.24) is 7.96 Å². The van der Waals surface area contributed by atoms with Gasteiger partial charge < -0.3 is 0 Å². The third kappa shape index (κ3) is 3.38. The van der Waals surface area contributed by atoms with Crippen LogP contribution in [0, 0.1) is 0 Å². The quantitative estimate of drug-likeness (QED) is 0.577. The van der Waals surface area contributed by atoms with Crippen molar-refractivity contribution in [2.45, 2.75) is 0 Å². The summed E-state index contributed by atoms with van der Waals surface area (Å²) in [5, 5.41) is 9.70. The zero-order chi connectivity index (χ0) is 18.0. The van der Waals surface area contributed by atoms with Gasteiger partial charge in [-0.2, -0.15) is 0 Å². The summed E-state index contributed by atoms with van der Waals surface area (Å²) in [4.78, 5) is 0. The molecule has 0 fully saturated rings. The molecule has 0 amide bonds. The third-order valence-corrected chi connectivity index (χ3v) is 5.39. The summed E-state index contributed by atoms with van der Waals surface area (Å²) in [6.07, 6.45) is 0. The summed E-state index contributed by atoms with van der Waals surface area (Å²) in [7, 11) is 4.72. The first-order valence-electron chi connectivity index (χ1n) is 7.20. The number of phenols is 1. The number of aromatic hydroxyl groups is 1. The second-order valence-electron chi connectivity index (χ2n) is 5.04. The van der Waals surface area contributed by atoms with E-state index in [0.29, 0.717) is 21.7 Å². The van der Waals surface area contributed by atoms with Gasteiger partial charge in [0.2, 0.25) is 0 Å². The molecule has 0 atom stereocenters. The summed E-state index contributed by atoms with van der Waals surface area (Å²) in [6, 6.07) is 8.97. The van der Waals surface area contributed by atoms with Gasteiger partial charge in [0, 0.05) is 0 Å². The van der Waals surface area contributed by atoms with Gasteiger partial charge in [-0.3, -0.25) is 0 Å². The molecule has 0 spiro atoms. The van der Waals surface area contributed by atoms with Crippen LogP contribution in [0.2, 0.25) is 0 Å². The van der Waals surface area contributed by atoms with E-state index < -0.39 is 0 Å². The molecule has 1 aromatic heterocycles. The van der Waals surface area contributed by atoms with E-state index in [-0.39, 0.29) is 20.7 Å². The topological polar surface area (TPSA) is 73.7 Å². The standard InChI is InChI=1S/C17H15BrN2O4Se/c1-22-13-7-10(8-14(23-2)17(13)24-3)16-15(19-25-20-16)9-4-5-12(21)11(18)6-9/h4-8,21H,1-3H3. The molecule has 1 heterocycles. The number of benzene rings is 2. The van der Waals surface area contributed by atoms with Crippen molar-refractivity contribution < 1.29 is 19.3 Å². The molecule has 2 aromatic carbocycles. The Morgan fingerprint density at radius 3 is 2.00 bits per heavy atom. The average Bonchev–Trinajstić information content (AvgIpc) is 3.12. The maximum absolute atomic E-state index is 9.70. The van der Waals surface area contributed by atoms with Gasteiger partial charge in [0.05, 0.1) is 0 Å². The van der Waals surface area contributed by atoms with E-state index in [2.05, 4.69) is 23.9 Å². The Bertz CT molecular complexity index is 888. The molecule has 0 aliphatic carbocycles. The Morgan fingerprint density at radius 1 is 0.880 bits per heavy atom. The summed E-state index contributed by atoms with van der Waals surface area (Å²) >= 11 is 3.11. The normalized spacial score (nSPS) is 10.6. The number of nitrogens with zero attached hydrogens (tertiary/aromatic N) is 2. The molecule has 3 aromatic rings. The Balaban J connectivity index is 2.15. The van der Waals surface area contributed by atoms with Gasteiger partial charge in [-0.05, 0) is 0 Å². The zero-order valence-electron chi connectivity index (χ0n) is 13.7. The van der Waals surface area contributed by atoms with Gasteiger partial charge in [0.1, 0.15) is 0 Å². The second kappa shape index (κ2) is 7.47. The minimum atomic E-state index is -0.227. The molecule has 0 unspecified atom stereocenters. The van der Waals surface area contributed by atoms with Crippen LogP contribution in [0.15, 0.2) is 34.8 Å². The average molecular weight is 470 g/mol. The summed E-state index contributed by atoms with van der Waals surface area (Å²) in [5.41, 5.74) is 3.24. The first kappa shape index (κ1) is 17.8. The Morgan fingerprint density at radius 2 is 1.48 bits per heavy atom. The van der Waals surface area contributed by atoms with E-state index in [0.717, 1.165) is 22.5 Å². The van der Waals surface area contributed by atoms with Gasteiger partial charge in [0.15, 0.2) is 0 Å². The first-order chi connectivity index (χ1) is 12.1. The Labute approximate surface area is 159 Å². The molecule has 3 rings (SSSR count). The fourth-order valence-electron chi connectivity index (χ4n) is 2.44. The first-order valence-corrected chi connectivity index (χ1v) is 9.53. The molecule has 6 nitrogen and oxygen atoms in total. The van der Waals surface area contributed by atoms with Crippen LogP contribution in [0.4, 0.5) is 0 Å². The summed E-state index contributed by atoms with van der Waals surface area (Å²) in [5.74, 6) is 1.83. The number of hydrogen-bond donors (Lipinski definition) is 1. The van der Waals surface area contributed by atoms with Gasteiger partial charge in [-0.25, -0.2) is 0 Å². The molecule has 1 N–H and O–H groups in total. The summed E-state index contributed by atoms with van der Waals surface area (Å²) in [6.45, 7) is 0. The molecule has 0 saturated heterocycles.